The van der Waals surface area contributed by atoms with E-state index in [0.29, 0.717) is 6.61 Å². The molecule has 0 aromatic rings. The van der Waals surface area contributed by atoms with Crippen LogP contribution in [0.1, 0.15) is 20.3 Å². The average Bonchev–Trinajstić information content (AvgIpc) is 2.29. The summed E-state index contributed by atoms with van der Waals surface area (Å²) in [6, 6.07) is 0.266. The summed E-state index contributed by atoms with van der Waals surface area (Å²) < 4.78 is 5.48. The minimum atomic E-state index is -0.0536. The fraction of sp³-hybridized carbons (Fsp3) is 0.875. The molecule has 0 aliphatic carbocycles. The van der Waals surface area contributed by atoms with Gasteiger partial charge in [-0.05, 0) is 20.3 Å². The Kier molecular flexibility index (Phi) is 2.18. The Hall–Kier alpha value is -0.570. The van der Waals surface area contributed by atoms with Gasteiger partial charge in [0.1, 0.15) is 0 Å². The minimum Gasteiger partial charge on any atom is -0.373 e. The molecule has 0 bridgehead atoms. The Bertz CT molecular complexity index is 156. The molecule has 1 amide bonds. The first-order valence-electron chi connectivity index (χ1n) is 3.86. The lowest BCUT2D eigenvalue weighted by atomic mass is 10.0. The van der Waals surface area contributed by atoms with Crippen molar-refractivity contribution in [2.75, 3.05) is 13.7 Å². The van der Waals surface area contributed by atoms with Gasteiger partial charge in [-0.15, -0.1) is 0 Å². The van der Waals surface area contributed by atoms with E-state index >= 15 is 0 Å². The average molecular weight is 157 g/mol. The highest BCUT2D eigenvalue weighted by Gasteiger charge is 2.33. The first kappa shape index (κ1) is 8.53. The molecular weight excluding hydrogens is 142 g/mol. The zero-order chi connectivity index (χ0) is 8.48. The molecule has 1 unspecified atom stereocenters. The van der Waals surface area contributed by atoms with Crippen molar-refractivity contribution in [3.05, 3.63) is 0 Å². The van der Waals surface area contributed by atoms with Crippen molar-refractivity contribution < 1.29 is 9.53 Å². The third-order valence-corrected chi connectivity index (χ3v) is 2.14. The standard InChI is InChI=1S/C8H15NO2/c1-8(2)4-7(5-11-8)9(3)6-10/h6-7H,4-5H2,1-3H3. The van der Waals surface area contributed by atoms with Gasteiger partial charge in [-0.1, -0.05) is 0 Å². The molecular formula is C8H15NO2. The van der Waals surface area contributed by atoms with Crippen LogP contribution < -0.4 is 0 Å². The smallest absolute Gasteiger partial charge is 0.209 e. The number of likely N-dealkylation sites (N-methyl/N-ethyl adjacent to an activating group) is 1. The van der Waals surface area contributed by atoms with Gasteiger partial charge in [0.25, 0.3) is 0 Å². The van der Waals surface area contributed by atoms with Crippen LogP contribution in [0.4, 0.5) is 0 Å². The molecule has 3 heteroatoms. The van der Waals surface area contributed by atoms with E-state index in [2.05, 4.69) is 0 Å². The minimum absolute atomic E-state index is 0.0536. The van der Waals surface area contributed by atoms with Crippen LogP contribution in [0, 0.1) is 0 Å². The second kappa shape index (κ2) is 2.81. The van der Waals surface area contributed by atoms with Crippen molar-refractivity contribution in [1.29, 1.82) is 0 Å². The summed E-state index contributed by atoms with van der Waals surface area (Å²) >= 11 is 0. The number of hydrogen-bond acceptors (Lipinski definition) is 2. The van der Waals surface area contributed by atoms with Crippen LogP contribution in [0.15, 0.2) is 0 Å². The lowest BCUT2D eigenvalue weighted by molar-refractivity contribution is -0.118. The van der Waals surface area contributed by atoms with Gasteiger partial charge in [-0.25, -0.2) is 0 Å². The van der Waals surface area contributed by atoms with Crippen LogP contribution in [0.3, 0.4) is 0 Å². The van der Waals surface area contributed by atoms with Crippen LogP contribution in [0.2, 0.25) is 0 Å². The van der Waals surface area contributed by atoms with Crippen molar-refractivity contribution in [2.24, 2.45) is 0 Å². The maximum absolute atomic E-state index is 10.4. The molecule has 1 atom stereocenters. The molecule has 1 rings (SSSR count). The van der Waals surface area contributed by atoms with Crippen molar-refractivity contribution in [3.8, 4) is 0 Å². The third kappa shape index (κ3) is 1.93. The molecule has 11 heavy (non-hydrogen) atoms. The topological polar surface area (TPSA) is 29.5 Å². The number of rotatable bonds is 2. The van der Waals surface area contributed by atoms with Crippen molar-refractivity contribution in [1.82, 2.24) is 4.90 Å². The van der Waals surface area contributed by atoms with Gasteiger partial charge >= 0.3 is 0 Å². The summed E-state index contributed by atoms with van der Waals surface area (Å²) in [5.74, 6) is 0. The first-order chi connectivity index (χ1) is 5.05. The number of hydrogen-bond donors (Lipinski definition) is 0. The van der Waals surface area contributed by atoms with E-state index < -0.39 is 0 Å². The van der Waals surface area contributed by atoms with E-state index in [9.17, 15) is 4.79 Å². The molecule has 0 aromatic carbocycles. The van der Waals surface area contributed by atoms with Gasteiger partial charge < -0.3 is 9.64 Å². The molecule has 0 saturated carbocycles. The molecule has 0 aromatic heterocycles. The van der Waals surface area contributed by atoms with Gasteiger partial charge in [0.2, 0.25) is 6.41 Å². The van der Waals surface area contributed by atoms with Crippen LogP contribution in [-0.4, -0.2) is 36.6 Å². The molecule has 3 nitrogen and oxygen atoms in total. The summed E-state index contributed by atoms with van der Waals surface area (Å²) in [4.78, 5) is 12.0. The van der Waals surface area contributed by atoms with E-state index in [1.54, 1.807) is 11.9 Å². The highest BCUT2D eigenvalue weighted by atomic mass is 16.5. The summed E-state index contributed by atoms with van der Waals surface area (Å²) in [5.41, 5.74) is -0.0536. The fourth-order valence-electron chi connectivity index (χ4n) is 1.35. The first-order valence-corrected chi connectivity index (χ1v) is 3.86. The highest BCUT2D eigenvalue weighted by Crippen LogP contribution is 2.26. The van der Waals surface area contributed by atoms with Crippen molar-refractivity contribution >= 4 is 6.41 Å². The Morgan fingerprint density at radius 1 is 1.64 bits per heavy atom. The Balaban J connectivity index is 2.47. The Morgan fingerprint density at radius 2 is 2.27 bits per heavy atom. The summed E-state index contributed by atoms with van der Waals surface area (Å²) in [5, 5.41) is 0. The second-order valence-corrected chi connectivity index (χ2v) is 3.70. The second-order valence-electron chi connectivity index (χ2n) is 3.70. The maximum Gasteiger partial charge on any atom is 0.209 e. The largest absolute Gasteiger partial charge is 0.373 e. The molecule has 1 fully saturated rings. The van der Waals surface area contributed by atoms with Crippen LogP contribution in [0.5, 0.6) is 0 Å². The van der Waals surface area contributed by atoms with Gasteiger partial charge in [0, 0.05) is 7.05 Å². The maximum atomic E-state index is 10.4. The van der Waals surface area contributed by atoms with Crippen molar-refractivity contribution in [2.45, 2.75) is 31.9 Å². The van der Waals surface area contributed by atoms with E-state index in [0.717, 1.165) is 12.8 Å². The van der Waals surface area contributed by atoms with Gasteiger partial charge in [0.05, 0.1) is 18.2 Å². The van der Waals surface area contributed by atoms with Crippen LogP contribution in [-0.2, 0) is 9.53 Å². The van der Waals surface area contributed by atoms with Gasteiger partial charge in [-0.3, -0.25) is 4.79 Å². The predicted octanol–water partition coefficient (Wildman–Crippen LogP) is 0.642. The quantitative estimate of drug-likeness (QED) is 0.550. The molecule has 1 saturated heterocycles. The zero-order valence-electron chi connectivity index (χ0n) is 7.33. The van der Waals surface area contributed by atoms with Gasteiger partial charge in [0.15, 0.2) is 0 Å². The SMILES string of the molecule is CN(C=O)C1COC(C)(C)C1. The highest BCUT2D eigenvalue weighted by molar-refractivity contribution is 5.47. The number of nitrogens with zero attached hydrogens (tertiary/aromatic N) is 1. The molecule has 0 spiro atoms. The van der Waals surface area contributed by atoms with E-state index in [1.807, 2.05) is 13.8 Å². The van der Waals surface area contributed by atoms with Crippen LogP contribution in [0.25, 0.3) is 0 Å². The monoisotopic (exact) mass is 157 g/mol. The molecule has 0 radical (unpaired) electrons. The Morgan fingerprint density at radius 3 is 2.64 bits per heavy atom. The van der Waals surface area contributed by atoms with Gasteiger partial charge in [-0.2, -0.15) is 0 Å². The number of amides is 1. The van der Waals surface area contributed by atoms with E-state index in [-0.39, 0.29) is 11.6 Å². The summed E-state index contributed by atoms with van der Waals surface area (Å²) in [6.45, 7) is 4.76. The number of carbonyl (C=O) groups is 1. The van der Waals surface area contributed by atoms with Crippen molar-refractivity contribution in [3.63, 3.8) is 0 Å². The predicted molar refractivity (Wildman–Crippen MR) is 42.3 cm³/mol. The van der Waals surface area contributed by atoms with Crippen LogP contribution >= 0.6 is 0 Å². The lowest BCUT2D eigenvalue weighted by Gasteiger charge is -2.19. The summed E-state index contributed by atoms with van der Waals surface area (Å²) in [7, 11) is 1.79. The summed E-state index contributed by atoms with van der Waals surface area (Å²) in [6.07, 6.45) is 1.79. The van der Waals surface area contributed by atoms with E-state index in [4.69, 9.17) is 4.74 Å². The fourth-order valence-corrected chi connectivity index (χ4v) is 1.35. The number of ether oxygens (including phenoxy) is 1. The molecule has 0 N–H and O–H groups in total. The zero-order valence-corrected chi connectivity index (χ0v) is 7.33. The third-order valence-electron chi connectivity index (χ3n) is 2.14. The normalized spacial score (nSPS) is 28.5. The molecule has 1 aliphatic rings. The number of carbonyl (C=O) groups excluding carboxylic acids is 1. The molecule has 1 heterocycles. The lowest BCUT2D eigenvalue weighted by Crippen LogP contribution is -2.31. The molecule has 1 aliphatic heterocycles. The molecule has 64 valence electrons. The van der Waals surface area contributed by atoms with E-state index in [1.165, 1.54) is 0 Å². The Labute approximate surface area is 67.3 Å².